The van der Waals surface area contributed by atoms with Gasteiger partial charge in [-0.15, -0.1) is 0 Å². The molecule has 136 valence electrons. The van der Waals surface area contributed by atoms with Gasteiger partial charge in [-0.2, -0.15) is 0 Å². The minimum absolute atomic E-state index is 0.120. The molecule has 0 spiro atoms. The molecule has 1 aliphatic rings. The Morgan fingerprint density at radius 1 is 1.22 bits per heavy atom. The Bertz CT molecular complexity index is 1010. The minimum Gasteiger partial charge on any atom is -0.493 e. The molecular weight excluding hydrogens is 347 g/mol. The number of carbonyl (C=O) groups is 1. The second kappa shape index (κ2) is 7.07. The average molecular weight is 364 g/mol. The van der Waals surface area contributed by atoms with Crippen LogP contribution < -0.4 is 10.1 Å². The van der Waals surface area contributed by atoms with Gasteiger partial charge in [-0.1, -0.05) is 30.3 Å². The van der Waals surface area contributed by atoms with Gasteiger partial charge in [0, 0.05) is 23.7 Å². The van der Waals surface area contributed by atoms with E-state index in [0.29, 0.717) is 30.0 Å². The van der Waals surface area contributed by atoms with Crippen molar-refractivity contribution in [3.05, 3.63) is 77.9 Å². The number of nitrogens with one attached hydrogen (secondary N) is 1. The third-order valence-electron chi connectivity index (χ3n) is 4.62. The van der Waals surface area contributed by atoms with Gasteiger partial charge >= 0.3 is 5.97 Å². The molecule has 2 N–H and O–H groups in total. The van der Waals surface area contributed by atoms with Crippen LogP contribution in [0.2, 0.25) is 0 Å². The van der Waals surface area contributed by atoms with Crippen LogP contribution in [0.15, 0.2) is 60.9 Å². The lowest BCUT2D eigenvalue weighted by Crippen LogP contribution is -2.21. The standard InChI is InChI=1S/C21H17FN2O3/c22-17-4-2-1-3-14(17)13-5-6-15-18(8-10-27-20(15)11-13)24-19-12-23-9-7-16(19)21(25)26/h1-7,9,11-12,18,24H,8,10H2,(H,25,26). The van der Waals surface area contributed by atoms with E-state index < -0.39 is 5.97 Å². The van der Waals surface area contributed by atoms with Crippen molar-refractivity contribution in [2.24, 2.45) is 0 Å². The van der Waals surface area contributed by atoms with E-state index in [1.807, 2.05) is 18.2 Å². The molecule has 1 unspecified atom stereocenters. The van der Waals surface area contributed by atoms with Gasteiger partial charge in [-0.25, -0.2) is 9.18 Å². The van der Waals surface area contributed by atoms with Crippen molar-refractivity contribution >= 4 is 11.7 Å². The highest BCUT2D eigenvalue weighted by Gasteiger charge is 2.24. The van der Waals surface area contributed by atoms with Crippen molar-refractivity contribution in [3.8, 4) is 16.9 Å². The highest BCUT2D eigenvalue weighted by molar-refractivity contribution is 5.93. The Balaban J connectivity index is 1.67. The minimum atomic E-state index is -1.01. The van der Waals surface area contributed by atoms with Gasteiger partial charge in [0.2, 0.25) is 0 Å². The van der Waals surface area contributed by atoms with E-state index >= 15 is 0 Å². The zero-order valence-electron chi connectivity index (χ0n) is 14.4. The molecule has 0 amide bonds. The number of benzene rings is 2. The zero-order valence-corrected chi connectivity index (χ0v) is 14.4. The third kappa shape index (κ3) is 3.33. The number of hydrogen-bond acceptors (Lipinski definition) is 4. The first-order chi connectivity index (χ1) is 13.1. The van der Waals surface area contributed by atoms with E-state index in [1.54, 1.807) is 18.2 Å². The van der Waals surface area contributed by atoms with Crippen LogP contribution in [0.4, 0.5) is 10.1 Å². The maximum Gasteiger partial charge on any atom is 0.337 e. The Kier molecular flexibility index (Phi) is 4.46. The largest absolute Gasteiger partial charge is 0.493 e. The number of anilines is 1. The number of ether oxygens (including phenoxy) is 1. The van der Waals surface area contributed by atoms with Crippen LogP contribution >= 0.6 is 0 Å². The molecular formula is C21H17FN2O3. The summed E-state index contributed by atoms with van der Waals surface area (Å²) in [5.74, 6) is -0.633. The predicted molar refractivity (Wildman–Crippen MR) is 99.5 cm³/mol. The van der Waals surface area contributed by atoms with E-state index in [0.717, 1.165) is 11.1 Å². The number of aromatic nitrogens is 1. The number of halogens is 1. The quantitative estimate of drug-likeness (QED) is 0.712. The van der Waals surface area contributed by atoms with Crippen molar-refractivity contribution in [2.45, 2.75) is 12.5 Å². The van der Waals surface area contributed by atoms with Crippen LogP contribution in [-0.2, 0) is 0 Å². The molecule has 1 atom stereocenters. The van der Waals surface area contributed by atoms with Crippen LogP contribution in [0.25, 0.3) is 11.1 Å². The molecule has 4 rings (SSSR count). The van der Waals surface area contributed by atoms with Gasteiger partial charge in [-0.05, 0) is 23.8 Å². The lowest BCUT2D eigenvalue weighted by atomic mass is 9.96. The summed E-state index contributed by atoms with van der Waals surface area (Å²) in [4.78, 5) is 15.4. The second-order valence-corrected chi connectivity index (χ2v) is 6.29. The number of aromatic carboxylic acids is 1. The van der Waals surface area contributed by atoms with Crippen molar-refractivity contribution in [1.29, 1.82) is 0 Å². The smallest absolute Gasteiger partial charge is 0.337 e. The van der Waals surface area contributed by atoms with Crippen LogP contribution in [0.3, 0.4) is 0 Å². The summed E-state index contributed by atoms with van der Waals surface area (Å²) in [6, 6.07) is 13.5. The molecule has 2 heterocycles. The second-order valence-electron chi connectivity index (χ2n) is 6.29. The number of fused-ring (bicyclic) bond motifs is 1. The fourth-order valence-electron chi connectivity index (χ4n) is 3.29. The summed E-state index contributed by atoms with van der Waals surface area (Å²) in [7, 11) is 0. The average Bonchev–Trinajstić information content (AvgIpc) is 2.68. The molecule has 3 aromatic rings. The van der Waals surface area contributed by atoms with Crippen LogP contribution in [0.1, 0.15) is 28.4 Å². The van der Waals surface area contributed by atoms with Crippen LogP contribution in [0, 0.1) is 5.82 Å². The summed E-state index contributed by atoms with van der Waals surface area (Å²) in [5, 5.41) is 12.6. The van der Waals surface area contributed by atoms with Crippen LogP contribution in [0.5, 0.6) is 5.75 Å². The van der Waals surface area contributed by atoms with Gasteiger partial charge in [0.15, 0.2) is 0 Å². The fourth-order valence-corrected chi connectivity index (χ4v) is 3.29. The molecule has 5 nitrogen and oxygen atoms in total. The Hall–Kier alpha value is -3.41. The highest BCUT2D eigenvalue weighted by Crippen LogP contribution is 2.38. The molecule has 0 saturated carbocycles. The Labute approximate surface area is 155 Å². The maximum absolute atomic E-state index is 14.1. The normalized spacial score (nSPS) is 15.5. The monoisotopic (exact) mass is 364 g/mol. The zero-order chi connectivity index (χ0) is 18.8. The molecule has 0 aliphatic carbocycles. The summed E-state index contributed by atoms with van der Waals surface area (Å²) in [5.41, 5.74) is 2.78. The van der Waals surface area contributed by atoms with Gasteiger partial charge in [0.1, 0.15) is 11.6 Å². The number of rotatable bonds is 4. The molecule has 0 saturated heterocycles. The summed E-state index contributed by atoms with van der Waals surface area (Å²) in [6.45, 7) is 0.480. The first kappa shape index (κ1) is 17.0. The van der Waals surface area contributed by atoms with Gasteiger partial charge < -0.3 is 15.2 Å². The number of carboxylic acid groups (broad SMARTS) is 1. The predicted octanol–water partition coefficient (Wildman–Crippen LogP) is 4.52. The lowest BCUT2D eigenvalue weighted by Gasteiger charge is -2.28. The number of carboxylic acids is 1. The third-order valence-corrected chi connectivity index (χ3v) is 4.62. The molecule has 0 bridgehead atoms. The van der Waals surface area contributed by atoms with E-state index in [-0.39, 0.29) is 17.4 Å². The van der Waals surface area contributed by atoms with E-state index in [2.05, 4.69) is 10.3 Å². The van der Waals surface area contributed by atoms with Crippen molar-refractivity contribution in [3.63, 3.8) is 0 Å². The van der Waals surface area contributed by atoms with E-state index in [9.17, 15) is 14.3 Å². The number of pyridine rings is 1. The SMILES string of the molecule is O=C(O)c1ccncc1NC1CCOc2cc(-c3ccccc3F)ccc21. The summed E-state index contributed by atoms with van der Waals surface area (Å²) < 4.78 is 19.9. The first-order valence-corrected chi connectivity index (χ1v) is 8.59. The Morgan fingerprint density at radius 2 is 2.07 bits per heavy atom. The topological polar surface area (TPSA) is 71.5 Å². The number of nitrogens with zero attached hydrogens (tertiary/aromatic N) is 1. The lowest BCUT2D eigenvalue weighted by molar-refractivity contribution is 0.0697. The summed E-state index contributed by atoms with van der Waals surface area (Å²) >= 11 is 0. The van der Waals surface area contributed by atoms with Crippen LogP contribution in [-0.4, -0.2) is 22.7 Å². The van der Waals surface area contributed by atoms with Crippen molar-refractivity contribution < 1.29 is 19.0 Å². The van der Waals surface area contributed by atoms with Gasteiger partial charge in [0.05, 0.1) is 30.1 Å². The molecule has 2 aromatic carbocycles. The van der Waals surface area contributed by atoms with Gasteiger partial charge in [0.25, 0.3) is 0 Å². The van der Waals surface area contributed by atoms with Crippen molar-refractivity contribution in [2.75, 3.05) is 11.9 Å². The van der Waals surface area contributed by atoms with E-state index in [4.69, 9.17) is 4.74 Å². The van der Waals surface area contributed by atoms with Gasteiger partial charge in [-0.3, -0.25) is 4.98 Å². The summed E-state index contributed by atoms with van der Waals surface area (Å²) in [6.07, 6.45) is 3.64. The molecule has 1 aromatic heterocycles. The van der Waals surface area contributed by atoms with Crippen molar-refractivity contribution in [1.82, 2.24) is 4.98 Å². The highest BCUT2D eigenvalue weighted by atomic mass is 19.1. The first-order valence-electron chi connectivity index (χ1n) is 8.59. The fraction of sp³-hybridized carbons (Fsp3) is 0.143. The number of hydrogen-bond donors (Lipinski definition) is 2. The Morgan fingerprint density at radius 3 is 2.89 bits per heavy atom. The molecule has 27 heavy (non-hydrogen) atoms. The maximum atomic E-state index is 14.1. The molecule has 6 heteroatoms. The molecule has 1 aliphatic heterocycles. The molecule has 0 fully saturated rings. The van der Waals surface area contributed by atoms with E-state index in [1.165, 1.54) is 24.5 Å². The molecule has 0 radical (unpaired) electrons.